The fraction of sp³-hybridized carbons (Fsp3) is 1.00. The third-order valence-corrected chi connectivity index (χ3v) is 3.72. The van der Waals surface area contributed by atoms with Gasteiger partial charge < -0.3 is 20.3 Å². The zero-order chi connectivity index (χ0) is 10.7. The smallest absolute Gasteiger partial charge is 0.0569 e. The second kappa shape index (κ2) is 4.78. The number of ether oxygens (including phenoxy) is 1. The summed E-state index contributed by atoms with van der Waals surface area (Å²) < 4.78 is 5.30. The summed E-state index contributed by atoms with van der Waals surface area (Å²) in [5.74, 6) is 0. The van der Waals surface area contributed by atoms with Crippen LogP contribution in [0.25, 0.3) is 0 Å². The fourth-order valence-corrected chi connectivity index (χ4v) is 2.40. The molecule has 2 heterocycles. The van der Waals surface area contributed by atoms with Gasteiger partial charge in [0, 0.05) is 44.7 Å². The molecule has 4 heteroatoms. The van der Waals surface area contributed by atoms with Gasteiger partial charge in [-0.2, -0.15) is 0 Å². The van der Waals surface area contributed by atoms with Crippen molar-refractivity contribution in [1.29, 1.82) is 0 Å². The molecule has 0 bridgehead atoms. The summed E-state index contributed by atoms with van der Waals surface area (Å²) >= 11 is 0. The molecule has 0 amide bonds. The Labute approximate surface area is 92.4 Å². The van der Waals surface area contributed by atoms with E-state index in [1.54, 1.807) is 0 Å². The maximum Gasteiger partial charge on any atom is 0.0569 e. The Hall–Kier alpha value is -0.160. The molecule has 0 radical (unpaired) electrons. The van der Waals surface area contributed by atoms with Gasteiger partial charge in [-0.1, -0.05) is 6.92 Å². The van der Waals surface area contributed by atoms with Crippen molar-refractivity contribution in [2.24, 2.45) is 11.1 Å². The molecule has 0 aromatic rings. The summed E-state index contributed by atoms with van der Waals surface area (Å²) in [5.41, 5.74) is 6.09. The Morgan fingerprint density at radius 3 is 2.13 bits per heavy atom. The number of nitrogens with zero attached hydrogens (tertiary/aromatic N) is 2. The van der Waals surface area contributed by atoms with Crippen LogP contribution in [0.15, 0.2) is 0 Å². The van der Waals surface area contributed by atoms with Gasteiger partial charge in [0.2, 0.25) is 0 Å². The van der Waals surface area contributed by atoms with Gasteiger partial charge in [0.25, 0.3) is 0 Å². The number of piperazine rings is 1. The van der Waals surface area contributed by atoms with E-state index in [-0.39, 0.29) is 5.41 Å². The van der Waals surface area contributed by atoms with Crippen LogP contribution >= 0.6 is 0 Å². The van der Waals surface area contributed by atoms with Crippen molar-refractivity contribution in [3.8, 4) is 0 Å². The minimum atomic E-state index is 0.272. The summed E-state index contributed by atoms with van der Waals surface area (Å²) in [5, 5.41) is 0. The van der Waals surface area contributed by atoms with Gasteiger partial charge in [0.15, 0.2) is 0 Å². The van der Waals surface area contributed by atoms with Crippen LogP contribution in [0, 0.1) is 5.41 Å². The van der Waals surface area contributed by atoms with E-state index in [0.29, 0.717) is 0 Å². The van der Waals surface area contributed by atoms with Crippen LogP contribution in [0.1, 0.15) is 6.92 Å². The van der Waals surface area contributed by atoms with E-state index < -0.39 is 0 Å². The third-order valence-electron chi connectivity index (χ3n) is 3.72. The molecule has 2 N–H and O–H groups in total. The first-order valence-corrected chi connectivity index (χ1v) is 6.00. The van der Waals surface area contributed by atoms with Crippen molar-refractivity contribution >= 4 is 0 Å². The summed E-state index contributed by atoms with van der Waals surface area (Å²) in [4.78, 5) is 5.05. The van der Waals surface area contributed by atoms with Gasteiger partial charge in [0.05, 0.1) is 13.2 Å². The molecule has 2 rings (SSSR count). The second-order valence-corrected chi connectivity index (χ2v) is 4.91. The summed E-state index contributed by atoms with van der Waals surface area (Å²) in [6.07, 6.45) is 0. The lowest BCUT2D eigenvalue weighted by Crippen LogP contribution is -2.58. The van der Waals surface area contributed by atoms with Crippen molar-refractivity contribution in [3.05, 3.63) is 0 Å². The molecule has 4 nitrogen and oxygen atoms in total. The van der Waals surface area contributed by atoms with Gasteiger partial charge in [-0.05, 0) is 6.54 Å². The van der Waals surface area contributed by atoms with Crippen molar-refractivity contribution < 1.29 is 4.74 Å². The maximum absolute atomic E-state index is 5.82. The number of hydrogen-bond donors (Lipinski definition) is 1. The zero-order valence-corrected chi connectivity index (χ0v) is 9.74. The van der Waals surface area contributed by atoms with E-state index in [2.05, 4.69) is 16.7 Å². The normalized spacial score (nSPS) is 27.6. The number of hydrogen-bond acceptors (Lipinski definition) is 4. The lowest BCUT2D eigenvalue weighted by atomic mass is 9.85. The van der Waals surface area contributed by atoms with Gasteiger partial charge >= 0.3 is 0 Å². The van der Waals surface area contributed by atoms with E-state index in [1.165, 1.54) is 32.7 Å². The Balaban J connectivity index is 1.76. The predicted octanol–water partition coefficient (Wildman–Crippen LogP) is -0.401. The highest BCUT2D eigenvalue weighted by Gasteiger charge is 2.39. The quantitative estimate of drug-likeness (QED) is 0.690. The minimum Gasteiger partial charge on any atom is -0.380 e. The highest BCUT2D eigenvalue weighted by Crippen LogP contribution is 2.27. The third kappa shape index (κ3) is 2.50. The molecular formula is C11H23N3O. The summed E-state index contributed by atoms with van der Waals surface area (Å²) in [7, 11) is 0. The molecular weight excluding hydrogens is 190 g/mol. The maximum atomic E-state index is 5.82. The molecule has 0 spiro atoms. The minimum absolute atomic E-state index is 0.272. The van der Waals surface area contributed by atoms with E-state index in [0.717, 1.165) is 26.3 Å². The molecule has 0 unspecified atom stereocenters. The molecule has 0 saturated carbocycles. The fourth-order valence-electron chi connectivity index (χ4n) is 2.40. The number of rotatable bonds is 4. The summed E-state index contributed by atoms with van der Waals surface area (Å²) in [6, 6.07) is 0. The number of nitrogens with two attached hydrogens (primary N) is 1. The monoisotopic (exact) mass is 213 g/mol. The van der Waals surface area contributed by atoms with Crippen LogP contribution in [0.2, 0.25) is 0 Å². The van der Waals surface area contributed by atoms with Crippen molar-refractivity contribution in [3.63, 3.8) is 0 Å². The van der Waals surface area contributed by atoms with Crippen molar-refractivity contribution in [2.45, 2.75) is 6.92 Å². The zero-order valence-electron chi connectivity index (χ0n) is 9.74. The lowest BCUT2D eigenvalue weighted by molar-refractivity contribution is -0.123. The van der Waals surface area contributed by atoms with E-state index in [4.69, 9.17) is 10.5 Å². The van der Waals surface area contributed by atoms with Crippen LogP contribution in [-0.4, -0.2) is 68.8 Å². The SMILES string of the molecule is CCN1CCN(CC2(CN)COC2)CC1. The summed E-state index contributed by atoms with van der Waals surface area (Å²) in [6.45, 7) is 11.8. The van der Waals surface area contributed by atoms with Crippen LogP contribution in [0.5, 0.6) is 0 Å². The molecule has 0 aromatic heterocycles. The first-order chi connectivity index (χ1) is 7.28. The topological polar surface area (TPSA) is 41.7 Å². The molecule has 2 saturated heterocycles. The first-order valence-electron chi connectivity index (χ1n) is 6.00. The molecule has 2 fully saturated rings. The first kappa shape index (κ1) is 11.3. The Kier molecular flexibility index (Phi) is 3.61. The van der Waals surface area contributed by atoms with Gasteiger partial charge in [-0.15, -0.1) is 0 Å². The van der Waals surface area contributed by atoms with Crippen LogP contribution < -0.4 is 5.73 Å². The molecule has 88 valence electrons. The van der Waals surface area contributed by atoms with E-state index in [9.17, 15) is 0 Å². The highest BCUT2D eigenvalue weighted by atomic mass is 16.5. The van der Waals surface area contributed by atoms with E-state index >= 15 is 0 Å². The molecule has 0 aliphatic carbocycles. The average Bonchev–Trinajstić information content (AvgIpc) is 2.24. The molecule has 2 aliphatic heterocycles. The molecule has 15 heavy (non-hydrogen) atoms. The van der Waals surface area contributed by atoms with Crippen LogP contribution in [-0.2, 0) is 4.74 Å². The van der Waals surface area contributed by atoms with Crippen molar-refractivity contribution in [1.82, 2.24) is 9.80 Å². The highest BCUT2D eigenvalue weighted by molar-refractivity contribution is 4.90. The predicted molar refractivity (Wildman–Crippen MR) is 60.9 cm³/mol. The van der Waals surface area contributed by atoms with Gasteiger partial charge in [-0.3, -0.25) is 0 Å². The molecule has 0 atom stereocenters. The van der Waals surface area contributed by atoms with Crippen LogP contribution in [0.4, 0.5) is 0 Å². The van der Waals surface area contributed by atoms with Gasteiger partial charge in [0.1, 0.15) is 0 Å². The lowest BCUT2D eigenvalue weighted by Gasteiger charge is -2.45. The average molecular weight is 213 g/mol. The van der Waals surface area contributed by atoms with Crippen LogP contribution in [0.3, 0.4) is 0 Å². The van der Waals surface area contributed by atoms with E-state index in [1.807, 2.05) is 0 Å². The Morgan fingerprint density at radius 1 is 1.13 bits per heavy atom. The second-order valence-electron chi connectivity index (χ2n) is 4.91. The number of likely N-dealkylation sites (N-methyl/N-ethyl adjacent to an activating group) is 1. The van der Waals surface area contributed by atoms with Crippen molar-refractivity contribution in [2.75, 3.05) is 59.0 Å². The molecule has 2 aliphatic rings. The Morgan fingerprint density at radius 2 is 1.73 bits per heavy atom. The Bertz CT molecular complexity index is 192. The standard InChI is InChI=1S/C11H23N3O/c1-2-13-3-5-14(6-4-13)8-11(7-12)9-15-10-11/h2-10,12H2,1H3. The van der Waals surface area contributed by atoms with Gasteiger partial charge in [-0.25, -0.2) is 0 Å². The largest absolute Gasteiger partial charge is 0.380 e. The molecule has 0 aromatic carbocycles.